The fourth-order valence-electron chi connectivity index (χ4n) is 8.18. The van der Waals surface area contributed by atoms with Gasteiger partial charge in [0.15, 0.2) is 23.0 Å². The molecule has 0 radical (unpaired) electrons. The Morgan fingerprint density at radius 1 is 0.703 bits per heavy atom. The average molecular weight is 897 g/mol. The number of allylic oxidation sites excluding steroid dienone is 2. The van der Waals surface area contributed by atoms with Gasteiger partial charge in [-0.3, -0.25) is 24.6 Å². The van der Waals surface area contributed by atoms with Gasteiger partial charge < -0.3 is 47.9 Å². The number of rotatable bonds is 20. The maximum absolute atomic E-state index is 13.7. The summed E-state index contributed by atoms with van der Waals surface area (Å²) in [5.41, 5.74) is 5.44. The highest BCUT2D eigenvalue weighted by molar-refractivity contribution is 7.81. The number of thiol groups is 1. The van der Waals surface area contributed by atoms with Crippen molar-refractivity contribution in [2.75, 3.05) is 80.5 Å². The van der Waals surface area contributed by atoms with Crippen LogP contribution in [0.15, 0.2) is 69.7 Å². The van der Waals surface area contributed by atoms with E-state index >= 15 is 0 Å². The van der Waals surface area contributed by atoms with Gasteiger partial charge in [0.2, 0.25) is 0 Å². The molecule has 0 unspecified atom stereocenters. The van der Waals surface area contributed by atoms with Crippen molar-refractivity contribution in [1.82, 2.24) is 19.7 Å². The summed E-state index contributed by atoms with van der Waals surface area (Å²) in [5, 5.41) is 0. The van der Waals surface area contributed by atoms with Gasteiger partial charge in [-0.15, -0.1) is 0 Å². The molecule has 0 N–H and O–H groups in total. The number of nitrogens with zero attached hydrogens (tertiary/aromatic N) is 6. The van der Waals surface area contributed by atoms with Crippen molar-refractivity contribution < 1.29 is 42.7 Å². The van der Waals surface area contributed by atoms with E-state index in [0.717, 1.165) is 25.9 Å². The predicted octanol–water partition coefficient (Wildman–Crippen LogP) is 7.06. The summed E-state index contributed by atoms with van der Waals surface area (Å²) in [7, 11) is 5.13. The Hall–Kier alpha value is -5.42. The molecule has 1 aromatic heterocycles. The van der Waals surface area contributed by atoms with E-state index in [1.807, 2.05) is 36.1 Å². The van der Waals surface area contributed by atoms with Gasteiger partial charge in [0.05, 0.1) is 86.6 Å². The lowest BCUT2D eigenvalue weighted by molar-refractivity contribution is 0.0307. The second kappa shape index (κ2) is 21.0. The molecule has 5 heterocycles. The van der Waals surface area contributed by atoms with Gasteiger partial charge in [0, 0.05) is 67.6 Å². The van der Waals surface area contributed by atoms with Crippen molar-refractivity contribution in [3.63, 3.8) is 0 Å². The molecular weight excluding hydrogens is 837 g/mol. The van der Waals surface area contributed by atoms with Gasteiger partial charge in [0.1, 0.15) is 25.6 Å². The molecule has 0 bridgehead atoms. The Balaban J connectivity index is 1.04. The molecular formula is C48H60N6O9S. The number of methoxy groups -OCH3 is 2. The second-order valence-corrected chi connectivity index (χ2v) is 18.1. The largest absolute Gasteiger partial charge is 0.493 e. The normalized spacial score (nSPS) is 19.1. The van der Waals surface area contributed by atoms with E-state index < -0.39 is 0 Å². The molecule has 4 aliphatic heterocycles. The number of aromatic nitrogens is 1. The lowest BCUT2D eigenvalue weighted by Crippen LogP contribution is -2.35. The molecule has 64 heavy (non-hydrogen) atoms. The third kappa shape index (κ3) is 11.4. The second-order valence-electron chi connectivity index (χ2n) is 16.9. The van der Waals surface area contributed by atoms with Crippen LogP contribution in [0.1, 0.15) is 72.6 Å². The number of fused-ring (bicyclic) bond motifs is 4. The number of pyridine rings is 1. The smallest absolute Gasteiger partial charge is 0.257 e. The van der Waals surface area contributed by atoms with Gasteiger partial charge in [-0.05, 0) is 59.7 Å². The first-order valence-electron chi connectivity index (χ1n) is 21.7. The number of ether oxygens (including phenoxy) is 7. The Morgan fingerprint density at radius 3 is 1.66 bits per heavy atom. The topological polar surface area (TPSA) is 146 Å². The summed E-state index contributed by atoms with van der Waals surface area (Å²) in [6.45, 7) is 13.2. The third-order valence-corrected chi connectivity index (χ3v) is 11.6. The third-order valence-electron chi connectivity index (χ3n) is 11.4. The number of likely N-dealkylation sites (N-methyl/N-ethyl adjacent to an activating group) is 1. The maximum atomic E-state index is 13.7. The van der Waals surface area contributed by atoms with Gasteiger partial charge in [0.25, 0.3) is 11.8 Å². The Morgan fingerprint density at radius 2 is 1.19 bits per heavy atom. The zero-order valence-corrected chi connectivity index (χ0v) is 38.8. The fraction of sp³-hybridized carbons (Fsp3) is 0.479. The molecule has 0 saturated carbocycles. The molecule has 2 aromatic carbocycles. The van der Waals surface area contributed by atoms with Crippen molar-refractivity contribution in [2.24, 2.45) is 9.98 Å². The van der Waals surface area contributed by atoms with Gasteiger partial charge in [-0.1, -0.05) is 23.3 Å². The predicted molar refractivity (Wildman–Crippen MR) is 249 cm³/mol. The fourth-order valence-corrected chi connectivity index (χ4v) is 8.43. The summed E-state index contributed by atoms with van der Waals surface area (Å²) in [6.07, 6.45) is 9.30. The lowest BCUT2D eigenvalue weighted by atomic mass is 10.1. The van der Waals surface area contributed by atoms with E-state index in [1.165, 1.54) is 25.4 Å². The molecule has 0 aliphatic carbocycles. The van der Waals surface area contributed by atoms with Crippen LogP contribution in [0.25, 0.3) is 0 Å². The van der Waals surface area contributed by atoms with Crippen LogP contribution in [0.2, 0.25) is 0 Å². The Kier molecular flexibility index (Phi) is 15.3. The van der Waals surface area contributed by atoms with Gasteiger partial charge >= 0.3 is 0 Å². The van der Waals surface area contributed by atoms with Crippen LogP contribution < -0.4 is 23.7 Å². The zero-order chi connectivity index (χ0) is 45.4. The molecule has 2 atom stereocenters. The minimum absolute atomic E-state index is 0.0382. The minimum Gasteiger partial charge on any atom is -0.493 e. The summed E-state index contributed by atoms with van der Waals surface area (Å²) in [5.74, 6) is 1.96. The molecule has 342 valence electrons. The Bertz CT molecular complexity index is 2170. The molecule has 15 nitrogen and oxygen atoms in total. The van der Waals surface area contributed by atoms with E-state index in [1.54, 1.807) is 36.4 Å². The maximum Gasteiger partial charge on any atom is 0.257 e. The van der Waals surface area contributed by atoms with Crippen molar-refractivity contribution in [3.05, 3.63) is 82.2 Å². The highest BCUT2D eigenvalue weighted by Gasteiger charge is 2.36. The molecule has 2 fully saturated rings. The summed E-state index contributed by atoms with van der Waals surface area (Å²) >= 11 is 4.60. The standard InChI is InChI=1S/C48H60N6O9S/c1-8-31-16-35-24-49-40-22-44(42(57-6)20-38(40)46(55)53(35)26-31)62-28-33-18-37(61-15-14-60-13-12-59-11-10-52(5)30-48(3,4)64)19-34(51-33)29-63-45-23-41-39(21-43(45)58-7)47(56)54-27-32(9-2)17-36(54)25-50-41/h8-9,18-25,35-36,64H,10-17,26-30H2,1-7H3/b31-8+,32-9+/t35-,36-/m0/s1. The SMILES string of the molecule is C/C=C1\C[C@H]2C=Nc3cc(OCc4cc(OCCOCCOCCN(C)CC(C)(C)S)cc(COc5cc6c(cc5OC)C(=O)N5C/C(=C/C)C[C@H]5C=N6)n4)c(OC)cc3C(=O)N2C1. The van der Waals surface area contributed by atoms with Crippen LogP contribution in [0, 0.1) is 0 Å². The lowest BCUT2D eigenvalue weighted by Gasteiger charge is -2.25. The van der Waals surface area contributed by atoms with Crippen LogP contribution >= 0.6 is 12.6 Å². The number of carbonyl (C=O) groups is 2. The molecule has 16 heteroatoms. The first kappa shape index (κ1) is 46.6. The van der Waals surface area contributed by atoms with Crippen molar-refractivity contribution in [3.8, 4) is 28.7 Å². The number of carbonyl (C=O) groups excluding carboxylic acids is 2. The van der Waals surface area contributed by atoms with Gasteiger partial charge in [-0.25, -0.2) is 0 Å². The van der Waals surface area contributed by atoms with E-state index in [0.29, 0.717) is 102 Å². The van der Waals surface area contributed by atoms with E-state index in [-0.39, 0.29) is 48.5 Å². The first-order chi connectivity index (χ1) is 30.9. The molecule has 2 amide bonds. The van der Waals surface area contributed by atoms with Gasteiger partial charge in [-0.2, -0.15) is 12.6 Å². The highest BCUT2D eigenvalue weighted by Crippen LogP contribution is 2.41. The number of hydrogen-bond acceptors (Lipinski definition) is 14. The van der Waals surface area contributed by atoms with Crippen molar-refractivity contribution in [2.45, 2.75) is 70.6 Å². The molecule has 7 rings (SSSR count). The van der Waals surface area contributed by atoms with Crippen LogP contribution in [0.4, 0.5) is 11.4 Å². The first-order valence-corrected chi connectivity index (χ1v) is 22.2. The number of hydrogen-bond donors (Lipinski definition) is 1. The zero-order valence-electron chi connectivity index (χ0n) is 37.9. The number of amides is 2. The van der Waals surface area contributed by atoms with Crippen LogP contribution in [0.5, 0.6) is 28.7 Å². The molecule has 4 aliphatic rings. The summed E-state index contributed by atoms with van der Waals surface area (Å²) in [4.78, 5) is 47.5. The number of benzene rings is 2. The van der Waals surface area contributed by atoms with E-state index in [2.05, 4.69) is 50.6 Å². The van der Waals surface area contributed by atoms with E-state index in [9.17, 15) is 9.59 Å². The monoisotopic (exact) mass is 896 g/mol. The summed E-state index contributed by atoms with van der Waals surface area (Å²) in [6, 6.07) is 10.2. The Labute approximate surface area is 381 Å². The minimum atomic E-state index is -0.105. The number of aliphatic imine (C=N–C) groups is 2. The average Bonchev–Trinajstić information content (AvgIpc) is 3.85. The highest BCUT2D eigenvalue weighted by atomic mass is 32.1. The molecule has 0 spiro atoms. The quantitative estimate of drug-likeness (QED) is 0.0707. The van der Waals surface area contributed by atoms with Crippen LogP contribution in [-0.2, 0) is 22.7 Å². The summed E-state index contributed by atoms with van der Waals surface area (Å²) < 4.78 is 41.8. The molecule has 2 saturated heterocycles. The van der Waals surface area contributed by atoms with Crippen LogP contribution in [-0.4, -0.2) is 141 Å². The van der Waals surface area contributed by atoms with E-state index in [4.69, 9.17) is 48.1 Å². The molecule has 3 aromatic rings. The van der Waals surface area contributed by atoms with Crippen molar-refractivity contribution in [1.29, 1.82) is 0 Å². The van der Waals surface area contributed by atoms with Crippen LogP contribution in [0.3, 0.4) is 0 Å². The van der Waals surface area contributed by atoms with Crippen molar-refractivity contribution >= 4 is 48.2 Å².